The molecule has 1 atom stereocenters. The molecule has 2 aliphatic heterocycles. The summed E-state index contributed by atoms with van der Waals surface area (Å²) in [5.74, 6) is 1.00. The topological polar surface area (TPSA) is 112 Å². The summed E-state index contributed by atoms with van der Waals surface area (Å²) in [5, 5.41) is 8.33. The fourth-order valence-corrected chi connectivity index (χ4v) is 4.64. The van der Waals surface area contributed by atoms with Crippen LogP contribution in [0.15, 0.2) is 42.6 Å². The molecule has 5 amide bonds. The normalized spacial score (nSPS) is 16.8. The first kappa shape index (κ1) is 25.9. The van der Waals surface area contributed by atoms with E-state index >= 15 is 0 Å². The lowest BCUT2D eigenvalue weighted by molar-refractivity contribution is 0.0950. The van der Waals surface area contributed by atoms with Gasteiger partial charge in [-0.3, -0.25) is 9.69 Å². The van der Waals surface area contributed by atoms with E-state index in [9.17, 15) is 14.4 Å². The Morgan fingerprint density at radius 1 is 1.11 bits per heavy atom. The van der Waals surface area contributed by atoms with E-state index in [2.05, 4.69) is 16.0 Å². The van der Waals surface area contributed by atoms with Crippen molar-refractivity contribution in [2.75, 3.05) is 47.4 Å². The van der Waals surface area contributed by atoms with Crippen molar-refractivity contribution >= 4 is 23.5 Å². The minimum Gasteiger partial charge on any atom is -0.493 e. The Hall–Kier alpha value is -4.21. The number of urea groups is 2. The van der Waals surface area contributed by atoms with E-state index in [1.54, 1.807) is 43.2 Å². The molecule has 2 aliphatic rings. The van der Waals surface area contributed by atoms with E-state index in [0.29, 0.717) is 49.7 Å². The monoisotopic (exact) mass is 507 g/mol. The van der Waals surface area contributed by atoms with Gasteiger partial charge in [0.25, 0.3) is 5.91 Å². The van der Waals surface area contributed by atoms with Crippen molar-refractivity contribution in [2.45, 2.75) is 19.4 Å². The van der Waals surface area contributed by atoms with Crippen molar-refractivity contribution in [1.82, 2.24) is 25.8 Å². The third kappa shape index (κ3) is 5.47. The van der Waals surface area contributed by atoms with Crippen LogP contribution in [0.25, 0.3) is 5.57 Å². The molecule has 0 radical (unpaired) electrons. The van der Waals surface area contributed by atoms with Crippen molar-refractivity contribution < 1.29 is 23.9 Å². The summed E-state index contributed by atoms with van der Waals surface area (Å²) in [6.07, 6.45) is 2.47. The first-order valence-corrected chi connectivity index (χ1v) is 12.2. The van der Waals surface area contributed by atoms with Gasteiger partial charge in [0.05, 0.1) is 14.2 Å². The maximum atomic E-state index is 12.7. The van der Waals surface area contributed by atoms with Crippen molar-refractivity contribution in [2.24, 2.45) is 0 Å². The highest BCUT2D eigenvalue weighted by molar-refractivity contribution is 5.95. The first-order chi connectivity index (χ1) is 17.9. The van der Waals surface area contributed by atoms with Gasteiger partial charge in [0, 0.05) is 56.6 Å². The molecular formula is C27H33N5O5. The molecule has 10 heteroatoms. The predicted octanol–water partition coefficient (Wildman–Crippen LogP) is 2.43. The quantitative estimate of drug-likeness (QED) is 0.533. The molecule has 0 bridgehead atoms. The van der Waals surface area contributed by atoms with Crippen LogP contribution in [0.4, 0.5) is 9.59 Å². The molecule has 0 aromatic heterocycles. The summed E-state index contributed by atoms with van der Waals surface area (Å²) in [6, 6.07) is 10.7. The first-order valence-electron chi connectivity index (χ1n) is 12.2. The number of rotatable bonds is 7. The molecule has 0 saturated carbocycles. The Balaban J connectivity index is 1.61. The van der Waals surface area contributed by atoms with Crippen LogP contribution < -0.4 is 25.4 Å². The number of methoxy groups -OCH3 is 2. The van der Waals surface area contributed by atoms with Gasteiger partial charge in [-0.15, -0.1) is 0 Å². The third-order valence-corrected chi connectivity index (χ3v) is 6.68. The van der Waals surface area contributed by atoms with Crippen LogP contribution in [-0.2, 0) is 6.42 Å². The number of benzene rings is 2. The molecule has 196 valence electrons. The molecule has 37 heavy (non-hydrogen) atoms. The van der Waals surface area contributed by atoms with Crippen LogP contribution in [0.1, 0.15) is 34.0 Å². The van der Waals surface area contributed by atoms with Crippen LogP contribution >= 0.6 is 0 Å². The molecule has 3 N–H and O–H groups in total. The SMILES string of the molecule is CNC(=O)N1C=C(c2ccc(C(=O)NCCN3CCNC3=O)cc2)c2cc(OC)c(OC)cc2CC1C. The standard InChI is InChI=1S/C27H33N5O5/c1-17-13-20-14-23(36-3)24(37-4)15-21(20)22(16-32(17)26(34)28-2)18-5-7-19(8-6-18)25(33)29-9-11-31-12-10-30-27(31)35/h5-8,14-17H,9-13H2,1-4H3,(H,28,34)(H,29,33)(H,30,35). The van der Waals surface area contributed by atoms with E-state index in [4.69, 9.17) is 9.47 Å². The third-order valence-electron chi connectivity index (χ3n) is 6.68. The molecule has 0 spiro atoms. The van der Waals surface area contributed by atoms with Gasteiger partial charge in [-0.25, -0.2) is 9.59 Å². The number of carbonyl (C=O) groups excluding carboxylic acids is 3. The van der Waals surface area contributed by atoms with Crippen LogP contribution in [0, 0.1) is 0 Å². The lowest BCUT2D eigenvalue weighted by atomic mass is 9.92. The predicted molar refractivity (Wildman–Crippen MR) is 140 cm³/mol. The largest absolute Gasteiger partial charge is 0.493 e. The summed E-state index contributed by atoms with van der Waals surface area (Å²) in [6.45, 7) is 4.09. The maximum Gasteiger partial charge on any atom is 0.321 e. The van der Waals surface area contributed by atoms with Crippen molar-refractivity contribution in [3.8, 4) is 11.5 Å². The van der Waals surface area contributed by atoms with Gasteiger partial charge in [-0.2, -0.15) is 0 Å². The molecule has 0 aliphatic carbocycles. The number of carbonyl (C=O) groups is 3. The Labute approximate surface area is 216 Å². The number of hydrogen-bond acceptors (Lipinski definition) is 5. The van der Waals surface area contributed by atoms with Crippen LogP contribution in [0.3, 0.4) is 0 Å². The van der Waals surface area contributed by atoms with E-state index in [1.807, 2.05) is 37.4 Å². The second-order valence-corrected chi connectivity index (χ2v) is 8.97. The molecule has 4 rings (SSSR count). The maximum absolute atomic E-state index is 12.7. The van der Waals surface area contributed by atoms with Gasteiger partial charge in [0.2, 0.25) is 0 Å². The van der Waals surface area contributed by atoms with Gasteiger partial charge < -0.3 is 30.3 Å². The number of ether oxygens (including phenoxy) is 2. The van der Waals surface area contributed by atoms with Gasteiger partial charge in [0.1, 0.15) is 0 Å². The van der Waals surface area contributed by atoms with Gasteiger partial charge in [-0.1, -0.05) is 12.1 Å². The number of nitrogens with zero attached hydrogens (tertiary/aromatic N) is 2. The van der Waals surface area contributed by atoms with Gasteiger partial charge in [0.15, 0.2) is 11.5 Å². The number of fused-ring (bicyclic) bond motifs is 1. The number of amides is 5. The number of hydrogen-bond donors (Lipinski definition) is 3. The lowest BCUT2D eigenvalue weighted by Crippen LogP contribution is -2.40. The molecule has 2 aromatic rings. The summed E-state index contributed by atoms with van der Waals surface area (Å²) in [4.78, 5) is 40.4. The summed E-state index contributed by atoms with van der Waals surface area (Å²) in [5.41, 5.74) is 4.14. The van der Waals surface area contributed by atoms with Crippen molar-refractivity contribution in [1.29, 1.82) is 0 Å². The molecule has 2 aromatic carbocycles. The molecule has 1 saturated heterocycles. The molecule has 1 unspecified atom stereocenters. The fraction of sp³-hybridized carbons (Fsp3) is 0.370. The van der Waals surface area contributed by atoms with E-state index in [-0.39, 0.29) is 24.0 Å². The van der Waals surface area contributed by atoms with Crippen LogP contribution in [0.5, 0.6) is 11.5 Å². The Morgan fingerprint density at radius 3 is 2.43 bits per heavy atom. The second-order valence-electron chi connectivity index (χ2n) is 8.97. The summed E-state index contributed by atoms with van der Waals surface area (Å²) >= 11 is 0. The second kappa shape index (κ2) is 11.2. The molecule has 2 heterocycles. The Bertz CT molecular complexity index is 1210. The summed E-state index contributed by atoms with van der Waals surface area (Å²) < 4.78 is 11.1. The highest BCUT2D eigenvalue weighted by Crippen LogP contribution is 2.39. The van der Waals surface area contributed by atoms with E-state index < -0.39 is 0 Å². The summed E-state index contributed by atoms with van der Waals surface area (Å²) in [7, 11) is 4.80. The smallest absolute Gasteiger partial charge is 0.321 e. The van der Waals surface area contributed by atoms with Crippen molar-refractivity contribution in [3.05, 3.63) is 64.9 Å². The van der Waals surface area contributed by atoms with Gasteiger partial charge in [-0.05, 0) is 54.3 Å². The number of nitrogens with one attached hydrogen (secondary N) is 3. The van der Waals surface area contributed by atoms with E-state index in [0.717, 1.165) is 22.3 Å². The van der Waals surface area contributed by atoms with Gasteiger partial charge >= 0.3 is 12.1 Å². The Morgan fingerprint density at radius 2 is 1.81 bits per heavy atom. The Kier molecular flexibility index (Phi) is 7.86. The minimum atomic E-state index is -0.214. The zero-order valence-electron chi connectivity index (χ0n) is 21.6. The minimum absolute atomic E-state index is 0.1000. The zero-order chi connectivity index (χ0) is 26.5. The van der Waals surface area contributed by atoms with E-state index in [1.165, 1.54) is 0 Å². The molecular weight excluding hydrogens is 474 g/mol. The lowest BCUT2D eigenvalue weighted by Gasteiger charge is -2.24. The average Bonchev–Trinajstić information content (AvgIpc) is 3.26. The zero-order valence-corrected chi connectivity index (χ0v) is 21.6. The average molecular weight is 508 g/mol. The van der Waals surface area contributed by atoms with Crippen LogP contribution in [-0.4, -0.2) is 81.3 Å². The molecule has 10 nitrogen and oxygen atoms in total. The van der Waals surface area contributed by atoms with Crippen molar-refractivity contribution in [3.63, 3.8) is 0 Å². The van der Waals surface area contributed by atoms with Crippen LogP contribution in [0.2, 0.25) is 0 Å². The fourth-order valence-electron chi connectivity index (χ4n) is 4.64. The highest BCUT2D eigenvalue weighted by Gasteiger charge is 2.27. The highest BCUT2D eigenvalue weighted by atomic mass is 16.5. The molecule has 1 fully saturated rings.